The van der Waals surface area contributed by atoms with Gasteiger partial charge in [-0.2, -0.15) is 44.3 Å². The predicted molar refractivity (Wildman–Crippen MR) is 151 cm³/mol. The molecule has 1 aliphatic carbocycles. The lowest BCUT2D eigenvalue weighted by Gasteiger charge is -2.38. The molecule has 1 aliphatic heterocycles. The molecule has 5 rings (SSSR count). The van der Waals surface area contributed by atoms with Crippen LogP contribution in [0.4, 0.5) is 51.3 Å². The number of nitrogens with zero attached hydrogens (tertiary/aromatic N) is 7. The van der Waals surface area contributed by atoms with Gasteiger partial charge in [0.2, 0.25) is 0 Å². The van der Waals surface area contributed by atoms with Gasteiger partial charge in [-0.3, -0.25) is 0 Å². The molecule has 1 saturated heterocycles. The maximum Gasteiger partial charge on any atom is 0.417 e. The molecule has 2 fully saturated rings. The van der Waals surface area contributed by atoms with Crippen LogP contribution in [0.5, 0.6) is 0 Å². The van der Waals surface area contributed by atoms with Crippen LogP contribution >= 0.6 is 0 Å². The van der Waals surface area contributed by atoms with Crippen molar-refractivity contribution in [2.75, 3.05) is 16.3 Å². The van der Waals surface area contributed by atoms with E-state index in [1.165, 1.54) is 11.9 Å². The second-order valence-electron chi connectivity index (χ2n) is 12.1. The number of anilines is 2. The molecule has 1 aromatic carbocycles. The van der Waals surface area contributed by atoms with Gasteiger partial charge in [-0.1, -0.05) is 5.10 Å². The number of rotatable bonds is 9. The molecule has 256 valence electrons. The number of pyridine rings is 1. The van der Waals surface area contributed by atoms with Crippen LogP contribution in [0.1, 0.15) is 72.8 Å². The topological polar surface area (TPSA) is 80.0 Å². The van der Waals surface area contributed by atoms with Crippen LogP contribution < -0.4 is 9.80 Å². The number of tetrazole rings is 1. The van der Waals surface area contributed by atoms with Crippen molar-refractivity contribution < 1.29 is 44.3 Å². The van der Waals surface area contributed by atoms with Crippen LogP contribution in [0.3, 0.4) is 0 Å². The summed E-state index contributed by atoms with van der Waals surface area (Å²) in [6.45, 7) is -0.542. The Morgan fingerprint density at radius 2 is 1.49 bits per heavy atom. The van der Waals surface area contributed by atoms with Crippen molar-refractivity contribution >= 4 is 18.1 Å². The molecule has 0 radical (unpaired) electrons. The number of hydrogen-bond acceptors (Lipinski definition) is 7. The summed E-state index contributed by atoms with van der Waals surface area (Å²) in [6.07, 6.45) is -7.96. The number of alkyl halides is 9. The highest BCUT2D eigenvalue weighted by molar-refractivity contribution is 5.53. The standard InChI is InChI=1S/C30H32F9N7O/c1-44-42-27(41-43-44)45(16-19-11-22(28(31,32)33)14-23(12-19)29(34,35)36)17-21-13-24(30(37,38)39)15-40-26(21)46-9-2-3-25(46)20-6-4-18(5-7-20)8-10-47/h10-15,18,20,25H,2-9,16-17H2,1H3/t18-,20-,25-/m1/s1. The number of halogens is 9. The molecule has 0 spiro atoms. The smallest absolute Gasteiger partial charge is 0.353 e. The van der Waals surface area contributed by atoms with Crippen molar-refractivity contribution in [2.45, 2.75) is 82.6 Å². The highest BCUT2D eigenvalue weighted by Gasteiger charge is 2.39. The summed E-state index contributed by atoms with van der Waals surface area (Å²) in [6, 6.07) is 1.97. The first-order valence-corrected chi connectivity index (χ1v) is 15.1. The normalized spacial score (nSPS) is 20.9. The number of benzene rings is 1. The van der Waals surface area contributed by atoms with Crippen LogP contribution in [0, 0.1) is 11.8 Å². The van der Waals surface area contributed by atoms with Crippen LogP contribution in [0.15, 0.2) is 30.5 Å². The Hall–Kier alpha value is -3.92. The van der Waals surface area contributed by atoms with E-state index in [1.807, 2.05) is 4.90 Å². The minimum atomic E-state index is -5.10. The van der Waals surface area contributed by atoms with Crippen LogP contribution in [0.2, 0.25) is 0 Å². The molecule has 8 nitrogen and oxygen atoms in total. The lowest BCUT2D eigenvalue weighted by atomic mass is 9.77. The van der Waals surface area contributed by atoms with E-state index in [1.54, 1.807) is 0 Å². The van der Waals surface area contributed by atoms with E-state index in [0.717, 1.165) is 61.9 Å². The molecule has 2 aliphatic rings. The van der Waals surface area contributed by atoms with Gasteiger partial charge < -0.3 is 14.6 Å². The Morgan fingerprint density at radius 1 is 0.851 bits per heavy atom. The van der Waals surface area contributed by atoms with Gasteiger partial charge in [-0.05, 0) is 85.4 Å². The maximum absolute atomic E-state index is 13.9. The highest BCUT2D eigenvalue weighted by atomic mass is 19.4. The number of carbonyl (C=O) groups is 1. The minimum absolute atomic E-state index is 0.00315. The molecule has 2 aromatic heterocycles. The fourth-order valence-electron chi connectivity index (χ4n) is 6.66. The van der Waals surface area contributed by atoms with Gasteiger partial charge in [0.1, 0.15) is 12.1 Å². The second kappa shape index (κ2) is 13.3. The molecule has 3 heterocycles. The number of carbonyl (C=O) groups excluding carboxylic acids is 1. The third kappa shape index (κ3) is 8.15. The third-order valence-electron chi connectivity index (χ3n) is 8.87. The number of hydrogen-bond donors (Lipinski definition) is 0. The van der Waals surface area contributed by atoms with Crippen molar-refractivity contribution in [3.05, 3.63) is 58.3 Å². The van der Waals surface area contributed by atoms with E-state index in [9.17, 15) is 44.3 Å². The Morgan fingerprint density at radius 3 is 2.04 bits per heavy atom. The highest BCUT2D eigenvalue weighted by Crippen LogP contribution is 2.41. The number of aromatic nitrogens is 5. The van der Waals surface area contributed by atoms with Gasteiger partial charge in [0.05, 0.1) is 23.7 Å². The monoisotopic (exact) mass is 677 g/mol. The van der Waals surface area contributed by atoms with Gasteiger partial charge in [-0.15, -0.1) is 5.10 Å². The summed E-state index contributed by atoms with van der Waals surface area (Å²) < 4.78 is 124. The fourth-order valence-corrected chi connectivity index (χ4v) is 6.66. The van der Waals surface area contributed by atoms with Crippen molar-refractivity contribution in [2.24, 2.45) is 18.9 Å². The molecule has 0 amide bonds. The summed E-state index contributed by atoms with van der Waals surface area (Å²) in [5.74, 6) is 0.527. The molecule has 0 unspecified atom stereocenters. The van der Waals surface area contributed by atoms with E-state index >= 15 is 0 Å². The molecule has 0 N–H and O–H groups in total. The Labute approximate surface area is 263 Å². The first-order chi connectivity index (χ1) is 22.0. The third-order valence-corrected chi connectivity index (χ3v) is 8.87. The SMILES string of the molecule is Cn1nnc(N(Cc2cc(C(F)(F)F)cc(C(F)(F)F)c2)Cc2cc(C(F)(F)F)cnc2N2CCC[C@@H]2[C@H]2CC[C@H](CC=O)CC2)n1. The zero-order chi connectivity index (χ0) is 34.1. The van der Waals surface area contributed by atoms with E-state index in [-0.39, 0.29) is 35.4 Å². The van der Waals surface area contributed by atoms with E-state index in [4.69, 9.17) is 0 Å². The van der Waals surface area contributed by atoms with E-state index in [2.05, 4.69) is 20.4 Å². The molecule has 3 aromatic rings. The first-order valence-electron chi connectivity index (χ1n) is 15.1. The molecule has 47 heavy (non-hydrogen) atoms. The Balaban J connectivity index is 1.53. The summed E-state index contributed by atoms with van der Waals surface area (Å²) >= 11 is 0. The molecular formula is C30H32F9N7O. The first kappa shape index (κ1) is 34.4. The summed E-state index contributed by atoms with van der Waals surface area (Å²) in [5.41, 5.74) is -4.48. The molecular weight excluding hydrogens is 645 g/mol. The van der Waals surface area contributed by atoms with Gasteiger partial charge in [0.25, 0.3) is 5.95 Å². The second-order valence-corrected chi connectivity index (χ2v) is 12.1. The van der Waals surface area contributed by atoms with Crippen molar-refractivity contribution in [3.8, 4) is 0 Å². The Kier molecular flexibility index (Phi) is 9.74. The Bertz CT molecular complexity index is 1510. The largest absolute Gasteiger partial charge is 0.417 e. The zero-order valence-corrected chi connectivity index (χ0v) is 25.2. The number of aryl methyl sites for hydroxylation is 1. The predicted octanol–water partition coefficient (Wildman–Crippen LogP) is 7.23. The lowest BCUT2D eigenvalue weighted by molar-refractivity contribution is -0.143. The average molecular weight is 678 g/mol. The van der Waals surface area contributed by atoms with Crippen molar-refractivity contribution in [1.29, 1.82) is 0 Å². The van der Waals surface area contributed by atoms with Crippen LogP contribution in [0.25, 0.3) is 0 Å². The fraction of sp³-hybridized carbons (Fsp3) is 0.567. The van der Waals surface area contributed by atoms with Crippen molar-refractivity contribution in [3.63, 3.8) is 0 Å². The summed E-state index contributed by atoms with van der Waals surface area (Å²) in [4.78, 5) is 19.4. The van der Waals surface area contributed by atoms with Gasteiger partial charge in [-0.25, -0.2) is 4.98 Å². The molecule has 1 atom stereocenters. The van der Waals surface area contributed by atoms with E-state index < -0.39 is 53.9 Å². The lowest BCUT2D eigenvalue weighted by Crippen LogP contribution is -2.39. The van der Waals surface area contributed by atoms with Gasteiger partial charge in [0.15, 0.2) is 0 Å². The van der Waals surface area contributed by atoms with Crippen molar-refractivity contribution in [1.82, 2.24) is 25.2 Å². The van der Waals surface area contributed by atoms with Crippen LogP contribution in [-0.2, 0) is 43.5 Å². The summed E-state index contributed by atoms with van der Waals surface area (Å²) in [5, 5.41) is 11.6. The zero-order valence-electron chi connectivity index (χ0n) is 25.2. The molecule has 1 saturated carbocycles. The summed E-state index contributed by atoms with van der Waals surface area (Å²) in [7, 11) is 1.39. The maximum atomic E-state index is 13.9. The van der Waals surface area contributed by atoms with Gasteiger partial charge >= 0.3 is 18.5 Å². The minimum Gasteiger partial charge on any atom is -0.353 e. The number of aldehydes is 1. The van der Waals surface area contributed by atoms with Gasteiger partial charge in [0, 0.05) is 43.9 Å². The average Bonchev–Trinajstić information content (AvgIpc) is 3.65. The van der Waals surface area contributed by atoms with Crippen LogP contribution in [-0.4, -0.2) is 44.1 Å². The molecule has 17 heteroatoms. The van der Waals surface area contributed by atoms with E-state index in [0.29, 0.717) is 31.0 Å². The quantitative estimate of drug-likeness (QED) is 0.175. The molecule has 0 bridgehead atoms.